The molecule has 6 aliphatic rings. The number of halogens is 4. The van der Waals surface area contributed by atoms with Crippen molar-refractivity contribution in [2.24, 2.45) is 16.0 Å². The van der Waals surface area contributed by atoms with Crippen molar-refractivity contribution in [2.45, 2.75) is 95.7 Å². The van der Waals surface area contributed by atoms with Crippen molar-refractivity contribution in [3.05, 3.63) is 176 Å². The first-order valence-electron chi connectivity index (χ1n) is 26.4. The summed E-state index contributed by atoms with van der Waals surface area (Å²) in [5.41, 5.74) is 13.7. The van der Waals surface area contributed by atoms with E-state index in [0.717, 1.165) is 104 Å². The van der Waals surface area contributed by atoms with E-state index in [1.807, 2.05) is 36.4 Å². The van der Waals surface area contributed by atoms with Crippen LogP contribution in [-0.2, 0) is 32.5 Å². The fraction of sp³-hybridized carbons (Fsp3) is 0.344. The number of carbonyl (C=O) groups excluding carboxylic acids is 1. The summed E-state index contributed by atoms with van der Waals surface area (Å²) in [6.45, 7) is 5.62. The molecule has 1 amide bonds. The maximum atomic E-state index is 13.5. The number of aliphatic hydroxyl groups excluding tert-OH is 2. The standard InChI is InChI=1S/C30H29ClFN3O4.C15H21ClN2O2.C15H10FNO3.CH4.B/c31-25-15-20(5-11-27(25)39-23-8-9-23)29(36)26(16-35-12-1-13-35)33-30(37)28-24-10-4-19(14-21(24)17-38-34-28)18-2-6-22(32)7-3-18;16-12-8-10(2-5-14(12)20-11-3-4-11)15(19)13(17)9-18-6-1-7-18;16-12-4-1-9(2-5-12)10-3-6-13-11(7-10)8-20-17-14(13)15(18)19;;/h2-7,10-11,14-15,23,26,29,36H,1,8-9,12-13,16-17H2,(H,33,37);2,5,8,11,13,15,19H,1,3-4,6-7,9,17H2;1-7H,8H2,(H,18,19);1H4;/t26-,29-;13-,15-;;;/m11.../s1. The van der Waals surface area contributed by atoms with Gasteiger partial charge in [-0.2, -0.15) is 0 Å². The summed E-state index contributed by atoms with van der Waals surface area (Å²) in [5, 5.41) is 42.3. The normalized spacial score (nSPS) is 17.5. The van der Waals surface area contributed by atoms with Crippen molar-refractivity contribution < 1.29 is 52.8 Å². The van der Waals surface area contributed by atoms with Crippen LogP contribution in [0.1, 0.15) is 91.5 Å². The van der Waals surface area contributed by atoms with Gasteiger partial charge in [0.2, 0.25) is 0 Å². The van der Waals surface area contributed by atoms with Crippen molar-refractivity contribution >= 4 is 54.9 Å². The van der Waals surface area contributed by atoms with Crippen molar-refractivity contribution in [3.63, 3.8) is 0 Å². The number of carbonyl (C=O) groups is 2. The van der Waals surface area contributed by atoms with Crippen molar-refractivity contribution in [3.8, 4) is 33.8 Å². The largest absolute Gasteiger partial charge is 0.489 e. The summed E-state index contributed by atoms with van der Waals surface area (Å²) in [6.07, 6.45) is 5.39. The molecule has 0 unspecified atom stereocenters. The first kappa shape index (κ1) is 60.2. The number of aliphatic carboxylic acids is 1. The van der Waals surface area contributed by atoms with Gasteiger partial charge in [0.15, 0.2) is 11.4 Å². The number of oxime groups is 2. The molecule has 4 fully saturated rings. The van der Waals surface area contributed by atoms with Crippen LogP contribution in [0.15, 0.2) is 132 Å². The number of carboxylic acid groups (broad SMARTS) is 1. The summed E-state index contributed by atoms with van der Waals surface area (Å²) >= 11 is 12.7. The SMILES string of the molecule is C.N[C@H](CN1CCC1)[C@H](O)c1ccc(OC2CC2)c(Cl)c1.O=C(N[C@H](CN1CCC1)[C@H](O)c1ccc(OC2CC2)c(Cl)c1)C1=NOCc2cc(-c3ccc(F)cc3)ccc21.O=C(O)C1=NOCc2cc(-c3ccc(F)cc3)ccc21.[B]. The molecule has 3 radical (unpaired) electrons. The average Bonchev–Trinajstić information content (AvgIpc) is 4.44. The van der Waals surface area contributed by atoms with E-state index in [1.165, 1.54) is 30.7 Å². The van der Waals surface area contributed by atoms with E-state index in [4.69, 9.17) is 53.2 Å². The van der Waals surface area contributed by atoms with Crippen LogP contribution < -0.4 is 20.5 Å². The Balaban J connectivity index is 0.000000173. The lowest BCUT2D eigenvalue weighted by molar-refractivity contribution is -0.129. The number of ether oxygens (including phenoxy) is 2. The topological polar surface area (TPSA) is 201 Å². The zero-order valence-electron chi connectivity index (χ0n) is 43.7. The second-order valence-corrected chi connectivity index (χ2v) is 21.3. The fourth-order valence-electron chi connectivity index (χ4n) is 9.35. The number of hydrogen-bond acceptors (Lipinski definition) is 13. The molecular formula is C61H64BCl2F2N6O9. The van der Waals surface area contributed by atoms with E-state index in [-0.39, 0.29) is 64.3 Å². The number of amides is 1. The zero-order valence-corrected chi connectivity index (χ0v) is 45.2. The maximum absolute atomic E-state index is 13.5. The van der Waals surface area contributed by atoms with E-state index in [0.29, 0.717) is 50.9 Å². The Labute approximate surface area is 481 Å². The Bertz CT molecular complexity index is 3230. The Morgan fingerprint density at radius 2 is 1.06 bits per heavy atom. The van der Waals surface area contributed by atoms with Gasteiger partial charge in [0, 0.05) is 49.8 Å². The van der Waals surface area contributed by atoms with E-state index in [1.54, 1.807) is 60.7 Å². The van der Waals surface area contributed by atoms with Crippen LogP contribution in [0.2, 0.25) is 10.0 Å². The molecule has 6 N–H and O–H groups in total. The van der Waals surface area contributed by atoms with Gasteiger partial charge in [-0.1, -0.05) is 102 Å². The second-order valence-electron chi connectivity index (χ2n) is 20.4. The summed E-state index contributed by atoms with van der Waals surface area (Å²) in [6, 6.07) is 33.1. The molecule has 4 aliphatic heterocycles. The molecular weight excluding hydrogens is 1080 g/mol. The quantitative estimate of drug-likeness (QED) is 0.0542. The molecule has 12 rings (SSSR count). The highest BCUT2D eigenvalue weighted by molar-refractivity contribution is 6.46. The zero-order chi connectivity index (χ0) is 55.2. The highest BCUT2D eigenvalue weighted by Gasteiger charge is 2.33. The molecule has 2 saturated carbocycles. The van der Waals surface area contributed by atoms with Crippen LogP contribution in [0, 0.1) is 11.6 Å². The molecule has 4 heterocycles. The molecule has 4 atom stereocenters. The highest BCUT2D eigenvalue weighted by atomic mass is 35.5. The summed E-state index contributed by atoms with van der Waals surface area (Å²) < 4.78 is 37.8. The number of hydrogen-bond donors (Lipinski definition) is 5. The van der Waals surface area contributed by atoms with Gasteiger partial charge >= 0.3 is 5.97 Å². The molecule has 15 nitrogen and oxygen atoms in total. The van der Waals surface area contributed by atoms with Crippen LogP contribution in [0.5, 0.6) is 11.5 Å². The Morgan fingerprint density at radius 3 is 1.49 bits per heavy atom. The molecule has 6 aromatic carbocycles. The monoisotopic (exact) mass is 1140 g/mol. The van der Waals surface area contributed by atoms with Gasteiger partial charge in [-0.3, -0.25) is 4.79 Å². The number of aliphatic hydroxyl groups is 2. The fourth-order valence-corrected chi connectivity index (χ4v) is 9.82. The highest BCUT2D eigenvalue weighted by Crippen LogP contribution is 2.36. The predicted octanol–water partition coefficient (Wildman–Crippen LogP) is 9.86. The Morgan fingerprint density at radius 1 is 0.630 bits per heavy atom. The van der Waals surface area contributed by atoms with Gasteiger partial charge < -0.3 is 55.3 Å². The molecule has 0 aromatic heterocycles. The summed E-state index contributed by atoms with van der Waals surface area (Å²) in [4.78, 5) is 39.3. The lowest BCUT2D eigenvalue weighted by Gasteiger charge is -2.36. The van der Waals surface area contributed by atoms with Crippen molar-refractivity contribution in [1.29, 1.82) is 0 Å². The second kappa shape index (κ2) is 27.2. The third kappa shape index (κ3) is 15.4. The minimum absolute atomic E-state index is 0. The van der Waals surface area contributed by atoms with E-state index < -0.39 is 30.1 Å². The number of carboxylic acids is 1. The minimum atomic E-state index is -1.12. The minimum Gasteiger partial charge on any atom is -0.489 e. The smallest absolute Gasteiger partial charge is 0.358 e. The number of nitrogens with zero attached hydrogens (tertiary/aromatic N) is 4. The number of benzene rings is 6. The molecule has 20 heteroatoms. The maximum Gasteiger partial charge on any atom is 0.358 e. The van der Waals surface area contributed by atoms with Gasteiger partial charge in [0.05, 0.1) is 34.4 Å². The number of rotatable bonds is 17. The predicted molar refractivity (Wildman–Crippen MR) is 309 cm³/mol. The summed E-state index contributed by atoms with van der Waals surface area (Å²) in [5.74, 6) is -0.859. The molecule has 423 valence electrons. The number of nitrogens with two attached hydrogens (primary N) is 1. The van der Waals surface area contributed by atoms with Gasteiger partial charge in [-0.05, 0) is 159 Å². The van der Waals surface area contributed by atoms with Crippen LogP contribution in [-0.4, -0.2) is 120 Å². The van der Waals surface area contributed by atoms with Crippen LogP contribution >= 0.6 is 23.2 Å². The molecule has 81 heavy (non-hydrogen) atoms. The number of fused-ring (bicyclic) bond motifs is 2. The number of nitrogens with one attached hydrogen (secondary N) is 1. The van der Waals surface area contributed by atoms with Crippen molar-refractivity contribution in [1.82, 2.24) is 15.1 Å². The molecule has 6 aromatic rings. The van der Waals surface area contributed by atoms with Crippen molar-refractivity contribution in [2.75, 3.05) is 39.3 Å². The molecule has 0 bridgehead atoms. The first-order valence-corrected chi connectivity index (χ1v) is 27.2. The van der Waals surface area contributed by atoms with Gasteiger partial charge in [-0.25, -0.2) is 13.6 Å². The first-order chi connectivity index (χ1) is 38.2. The van der Waals surface area contributed by atoms with Crippen LogP contribution in [0.25, 0.3) is 22.3 Å². The third-order valence-corrected chi connectivity index (χ3v) is 15.0. The van der Waals surface area contributed by atoms with E-state index in [2.05, 4.69) is 25.4 Å². The van der Waals surface area contributed by atoms with E-state index >= 15 is 0 Å². The Kier molecular flexibility index (Phi) is 20.3. The molecule has 0 spiro atoms. The Hall–Kier alpha value is -6.90. The van der Waals surface area contributed by atoms with Crippen LogP contribution in [0.3, 0.4) is 0 Å². The van der Waals surface area contributed by atoms with E-state index in [9.17, 15) is 28.6 Å². The summed E-state index contributed by atoms with van der Waals surface area (Å²) in [7, 11) is 0. The average molecular weight is 1140 g/mol. The molecule has 2 saturated heterocycles. The lowest BCUT2D eigenvalue weighted by Crippen LogP contribution is -2.52. The van der Waals surface area contributed by atoms with Gasteiger partial charge in [0.25, 0.3) is 5.91 Å². The van der Waals surface area contributed by atoms with Gasteiger partial charge in [0.1, 0.15) is 42.5 Å². The number of likely N-dealkylation sites (tertiary alicyclic amines) is 2. The van der Waals surface area contributed by atoms with Gasteiger partial charge in [-0.15, -0.1) is 0 Å². The lowest BCUT2D eigenvalue weighted by atomic mass is 9.95. The third-order valence-electron chi connectivity index (χ3n) is 14.4. The van der Waals surface area contributed by atoms with Crippen LogP contribution in [0.4, 0.5) is 8.78 Å². The molecule has 2 aliphatic carbocycles.